The maximum absolute atomic E-state index is 14.2. The molecule has 43 heavy (non-hydrogen) atoms. The molecule has 8 heteroatoms. The van der Waals surface area contributed by atoms with Crippen molar-refractivity contribution in [3.8, 4) is 0 Å². The molecule has 3 heterocycles. The summed E-state index contributed by atoms with van der Waals surface area (Å²) in [5.41, 5.74) is 2.11. The van der Waals surface area contributed by atoms with Gasteiger partial charge in [-0.25, -0.2) is 13.8 Å². The van der Waals surface area contributed by atoms with E-state index in [9.17, 15) is 18.4 Å². The van der Waals surface area contributed by atoms with Crippen molar-refractivity contribution >= 4 is 22.7 Å². The number of carbonyl (C=O) groups is 1. The smallest absolute Gasteiger partial charge is 0.265 e. The maximum Gasteiger partial charge on any atom is 0.265 e. The number of likely N-dealkylation sites (tertiary alicyclic amines) is 1. The van der Waals surface area contributed by atoms with Gasteiger partial charge < -0.3 is 4.42 Å². The van der Waals surface area contributed by atoms with Crippen LogP contribution in [0.4, 0.5) is 8.78 Å². The fraction of sp³-hybridized carbons (Fsp3) is 0.343. The van der Waals surface area contributed by atoms with Crippen molar-refractivity contribution in [2.45, 2.75) is 51.6 Å². The highest BCUT2D eigenvalue weighted by Gasteiger charge is 2.50. The lowest BCUT2D eigenvalue weighted by Gasteiger charge is -2.34. The first-order chi connectivity index (χ1) is 20.8. The highest BCUT2D eigenvalue weighted by molar-refractivity contribution is 6.09. The van der Waals surface area contributed by atoms with Crippen LogP contribution >= 0.6 is 0 Å². The number of hydrogen-bond donors (Lipinski definition) is 0. The highest BCUT2D eigenvalue weighted by atomic mass is 19.1. The molecule has 1 saturated heterocycles. The quantitative estimate of drug-likeness (QED) is 0.240. The summed E-state index contributed by atoms with van der Waals surface area (Å²) >= 11 is 0. The summed E-state index contributed by atoms with van der Waals surface area (Å²) in [7, 11) is 0. The second kappa shape index (κ2) is 11.8. The summed E-state index contributed by atoms with van der Waals surface area (Å²) in [5.74, 6) is -0.211. The number of piperidine rings is 1. The van der Waals surface area contributed by atoms with Gasteiger partial charge in [0.25, 0.3) is 5.91 Å². The first kappa shape index (κ1) is 28.9. The molecule has 0 unspecified atom stereocenters. The number of rotatable bonds is 8. The Morgan fingerprint density at radius 1 is 0.930 bits per heavy atom. The molecule has 0 N–H and O–H groups in total. The van der Waals surface area contributed by atoms with Gasteiger partial charge >= 0.3 is 0 Å². The topological polar surface area (TPSA) is 66.1 Å². The van der Waals surface area contributed by atoms with E-state index >= 15 is 0 Å². The normalized spacial score (nSPS) is 17.5. The summed E-state index contributed by atoms with van der Waals surface area (Å²) in [6.07, 6.45) is 5.24. The Morgan fingerprint density at radius 2 is 1.56 bits per heavy atom. The number of nitrogens with zero attached hydrogens (tertiary/aromatic N) is 3. The van der Waals surface area contributed by atoms with E-state index < -0.39 is 17.2 Å². The molecule has 0 spiro atoms. The van der Waals surface area contributed by atoms with Crippen molar-refractivity contribution in [2.75, 3.05) is 19.6 Å². The van der Waals surface area contributed by atoms with Gasteiger partial charge in [0.05, 0.1) is 11.6 Å². The molecule has 2 aliphatic rings. The van der Waals surface area contributed by atoms with E-state index in [0.717, 1.165) is 44.3 Å². The van der Waals surface area contributed by atoms with Crippen LogP contribution in [-0.4, -0.2) is 41.2 Å². The average Bonchev–Trinajstić information content (AvgIpc) is 3.26. The number of aryl methyl sites for hydroxylation is 1. The van der Waals surface area contributed by atoms with Crippen molar-refractivity contribution in [3.63, 3.8) is 0 Å². The molecule has 4 aromatic rings. The van der Waals surface area contributed by atoms with E-state index in [1.807, 2.05) is 25.1 Å². The lowest BCUT2D eigenvalue weighted by atomic mass is 9.82. The SMILES string of the molecule is CCCc1ccc2occ(CN3CCC(CN4C(=O)C(c5ccc(F)cc5)(c5ccc(F)cc5)N=C4C)CC3)c(=O)c2c1. The maximum atomic E-state index is 14.2. The number of fused-ring (bicyclic) bond motifs is 1. The summed E-state index contributed by atoms with van der Waals surface area (Å²) in [5, 5.41) is 0.631. The van der Waals surface area contributed by atoms with Crippen LogP contribution in [0.2, 0.25) is 0 Å². The predicted molar refractivity (Wildman–Crippen MR) is 163 cm³/mol. The Kier molecular flexibility index (Phi) is 7.97. The monoisotopic (exact) mass is 583 g/mol. The van der Waals surface area contributed by atoms with Crippen molar-refractivity contribution in [2.24, 2.45) is 10.9 Å². The van der Waals surface area contributed by atoms with Crippen LogP contribution in [0.15, 0.2) is 87.2 Å². The number of aliphatic imine (C=N–C) groups is 1. The third kappa shape index (κ3) is 5.52. The second-order valence-electron chi connectivity index (χ2n) is 11.7. The first-order valence-electron chi connectivity index (χ1n) is 14.9. The van der Waals surface area contributed by atoms with Crippen molar-refractivity contribution < 1.29 is 18.0 Å². The molecule has 6 nitrogen and oxygen atoms in total. The number of carbonyl (C=O) groups excluding carboxylic acids is 1. The fourth-order valence-corrected chi connectivity index (χ4v) is 6.43. The third-order valence-corrected chi connectivity index (χ3v) is 8.79. The van der Waals surface area contributed by atoms with Crippen molar-refractivity contribution in [1.29, 1.82) is 0 Å². The molecule has 1 fully saturated rings. The van der Waals surface area contributed by atoms with E-state index in [-0.39, 0.29) is 17.3 Å². The Balaban J connectivity index is 1.16. The molecule has 0 aliphatic carbocycles. The minimum absolute atomic E-state index is 0.0220. The summed E-state index contributed by atoms with van der Waals surface area (Å²) in [4.78, 5) is 36.3. The van der Waals surface area contributed by atoms with Gasteiger partial charge in [0.15, 0.2) is 11.0 Å². The van der Waals surface area contributed by atoms with Crippen LogP contribution in [0.25, 0.3) is 11.0 Å². The highest BCUT2D eigenvalue weighted by Crippen LogP contribution is 2.41. The van der Waals surface area contributed by atoms with E-state index in [1.54, 1.807) is 35.4 Å². The minimum Gasteiger partial charge on any atom is -0.464 e. The summed E-state index contributed by atoms with van der Waals surface area (Å²) < 4.78 is 33.4. The Morgan fingerprint density at radius 3 is 2.16 bits per heavy atom. The van der Waals surface area contributed by atoms with Crippen LogP contribution in [0.1, 0.15) is 55.4 Å². The molecule has 1 amide bonds. The number of halogens is 2. The first-order valence-corrected chi connectivity index (χ1v) is 14.9. The molecule has 0 bridgehead atoms. The predicted octanol–water partition coefficient (Wildman–Crippen LogP) is 6.44. The van der Waals surface area contributed by atoms with Gasteiger partial charge in [0, 0.05) is 18.7 Å². The Labute approximate surface area is 249 Å². The number of amidine groups is 1. The Bertz CT molecular complexity index is 1680. The van der Waals surface area contributed by atoms with E-state index in [2.05, 4.69) is 11.8 Å². The van der Waals surface area contributed by atoms with Gasteiger partial charge in [-0.05, 0) is 98.3 Å². The third-order valence-electron chi connectivity index (χ3n) is 8.79. The molecule has 0 saturated carbocycles. The molecule has 3 aromatic carbocycles. The lowest BCUT2D eigenvalue weighted by molar-refractivity contribution is -0.130. The molecule has 0 atom stereocenters. The minimum atomic E-state index is -1.40. The van der Waals surface area contributed by atoms with Crippen molar-refractivity contribution in [1.82, 2.24) is 9.80 Å². The van der Waals surface area contributed by atoms with Crippen LogP contribution in [0, 0.1) is 17.6 Å². The number of hydrogen-bond acceptors (Lipinski definition) is 5. The van der Waals surface area contributed by atoms with Gasteiger partial charge in [0.1, 0.15) is 23.1 Å². The van der Waals surface area contributed by atoms with Crippen molar-refractivity contribution in [3.05, 3.63) is 117 Å². The number of amides is 1. The standard InChI is InChI=1S/C35H35F2N3O3/c1-3-4-24-5-14-32-31(19-24)33(41)26(22-43-32)21-39-17-15-25(16-18-39)20-40-23(2)38-35(34(40)42,27-6-10-29(36)11-7-27)28-8-12-30(37)13-9-28/h5-14,19,22,25H,3-4,15-18,20-21H2,1-2H3. The molecule has 2 aliphatic heterocycles. The molecule has 222 valence electrons. The molecule has 6 rings (SSSR count). The van der Waals surface area contributed by atoms with Gasteiger partial charge in [0.2, 0.25) is 0 Å². The zero-order valence-corrected chi connectivity index (χ0v) is 24.5. The molecular weight excluding hydrogens is 548 g/mol. The van der Waals surface area contributed by atoms with E-state index in [1.165, 1.54) is 24.3 Å². The van der Waals surface area contributed by atoms with Crippen LogP contribution in [0.3, 0.4) is 0 Å². The van der Waals surface area contributed by atoms with Gasteiger partial charge in [-0.2, -0.15) is 0 Å². The van der Waals surface area contributed by atoms with Gasteiger partial charge in [-0.3, -0.25) is 19.4 Å². The average molecular weight is 584 g/mol. The lowest BCUT2D eigenvalue weighted by Crippen LogP contribution is -2.45. The number of benzene rings is 3. The fourth-order valence-electron chi connectivity index (χ4n) is 6.43. The Hall–Kier alpha value is -4.17. The summed E-state index contributed by atoms with van der Waals surface area (Å²) in [6, 6.07) is 17.4. The van der Waals surface area contributed by atoms with Gasteiger partial charge in [-0.15, -0.1) is 0 Å². The molecular formula is C35H35F2N3O3. The zero-order valence-electron chi connectivity index (χ0n) is 24.5. The van der Waals surface area contributed by atoms with Crippen LogP contribution < -0.4 is 5.43 Å². The second-order valence-corrected chi connectivity index (χ2v) is 11.7. The molecule has 1 aromatic heterocycles. The van der Waals surface area contributed by atoms with Crippen LogP contribution in [0.5, 0.6) is 0 Å². The largest absolute Gasteiger partial charge is 0.464 e. The van der Waals surface area contributed by atoms with E-state index in [0.29, 0.717) is 46.6 Å². The molecule has 0 radical (unpaired) electrons. The van der Waals surface area contributed by atoms with Gasteiger partial charge in [-0.1, -0.05) is 43.7 Å². The van der Waals surface area contributed by atoms with E-state index in [4.69, 9.17) is 9.41 Å². The summed E-state index contributed by atoms with van der Waals surface area (Å²) in [6.45, 7) is 6.53. The van der Waals surface area contributed by atoms with Crippen LogP contribution in [-0.2, 0) is 23.3 Å². The zero-order chi connectivity index (χ0) is 30.1.